The van der Waals surface area contributed by atoms with Crippen LogP contribution >= 0.6 is 0 Å². The standard InChI is InChI=1S/C31H37N3O6S/c1-5-41(37,38)34(26-14-15-28-29(18-26)40-21-39-28)20-30(35)33(19-25-13-9-10-23(4)16-25)27(31(36)32-22(2)3)17-24-11-7-6-8-12-24/h6-16,18,22,27H,5,17,19-21H2,1-4H3,(H,32,36)/t27-/m0/s1. The second-order valence-electron chi connectivity index (χ2n) is 10.3. The molecule has 4 rings (SSSR count). The maximum atomic E-state index is 14.2. The third kappa shape index (κ3) is 7.58. The first kappa shape index (κ1) is 29.9. The van der Waals surface area contributed by atoms with E-state index in [1.807, 2.05) is 75.4 Å². The van der Waals surface area contributed by atoms with Gasteiger partial charge in [-0.25, -0.2) is 8.42 Å². The number of aryl methyl sites for hydroxylation is 1. The fourth-order valence-corrected chi connectivity index (χ4v) is 5.76. The monoisotopic (exact) mass is 579 g/mol. The lowest BCUT2D eigenvalue weighted by molar-refractivity contribution is -0.140. The lowest BCUT2D eigenvalue weighted by atomic mass is 10.0. The van der Waals surface area contributed by atoms with Crippen molar-refractivity contribution in [3.05, 3.63) is 89.5 Å². The van der Waals surface area contributed by atoms with Crippen LogP contribution in [0, 0.1) is 6.92 Å². The molecule has 9 nitrogen and oxygen atoms in total. The number of anilines is 1. The van der Waals surface area contributed by atoms with Crippen molar-refractivity contribution in [1.82, 2.24) is 10.2 Å². The third-order valence-electron chi connectivity index (χ3n) is 6.76. The molecule has 0 unspecified atom stereocenters. The van der Waals surface area contributed by atoms with E-state index in [9.17, 15) is 18.0 Å². The van der Waals surface area contributed by atoms with Gasteiger partial charge in [-0.05, 0) is 51.0 Å². The van der Waals surface area contributed by atoms with Crippen molar-refractivity contribution in [3.63, 3.8) is 0 Å². The van der Waals surface area contributed by atoms with Crippen molar-refractivity contribution in [2.75, 3.05) is 23.4 Å². The Labute approximate surface area is 242 Å². The summed E-state index contributed by atoms with van der Waals surface area (Å²) in [6.45, 7) is 6.89. The normalized spacial score (nSPS) is 13.1. The van der Waals surface area contributed by atoms with E-state index in [-0.39, 0.29) is 43.1 Å². The number of hydrogen-bond acceptors (Lipinski definition) is 6. The highest BCUT2D eigenvalue weighted by Crippen LogP contribution is 2.36. The van der Waals surface area contributed by atoms with E-state index >= 15 is 0 Å². The molecule has 218 valence electrons. The van der Waals surface area contributed by atoms with Crippen molar-refractivity contribution in [1.29, 1.82) is 0 Å². The lowest BCUT2D eigenvalue weighted by Gasteiger charge is -2.34. The molecule has 1 aliphatic heterocycles. The molecule has 0 aromatic heterocycles. The van der Waals surface area contributed by atoms with Gasteiger partial charge in [0.25, 0.3) is 0 Å². The summed E-state index contributed by atoms with van der Waals surface area (Å²) in [6.07, 6.45) is 0.265. The van der Waals surface area contributed by atoms with Crippen LogP contribution in [0.2, 0.25) is 0 Å². The van der Waals surface area contributed by atoms with Crippen LogP contribution in [0.15, 0.2) is 72.8 Å². The van der Waals surface area contributed by atoms with Gasteiger partial charge in [0.2, 0.25) is 28.6 Å². The minimum Gasteiger partial charge on any atom is -0.454 e. The van der Waals surface area contributed by atoms with Gasteiger partial charge in [0.1, 0.15) is 12.6 Å². The highest BCUT2D eigenvalue weighted by Gasteiger charge is 2.34. The quantitative estimate of drug-likeness (QED) is 0.347. The number of fused-ring (bicyclic) bond motifs is 1. The van der Waals surface area contributed by atoms with Gasteiger partial charge in [-0.1, -0.05) is 60.2 Å². The molecule has 0 saturated carbocycles. The number of ether oxygens (including phenoxy) is 2. The average molecular weight is 580 g/mol. The Bertz CT molecular complexity index is 1480. The van der Waals surface area contributed by atoms with Crippen molar-refractivity contribution in [2.24, 2.45) is 0 Å². The Morgan fingerprint density at radius 2 is 1.63 bits per heavy atom. The number of carbonyl (C=O) groups excluding carboxylic acids is 2. The van der Waals surface area contributed by atoms with Crippen LogP contribution in [0.5, 0.6) is 11.5 Å². The van der Waals surface area contributed by atoms with Crippen LogP contribution in [0.1, 0.15) is 37.5 Å². The summed E-state index contributed by atoms with van der Waals surface area (Å²) in [5.74, 6) is -0.114. The Balaban J connectivity index is 1.75. The van der Waals surface area contributed by atoms with Crippen LogP contribution in [-0.2, 0) is 32.6 Å². The van der Waals surface area contributed by atoms with Crippen molar-refractivity contribution < 1.29 is 27.5 Å². The van der Waals surface area contributed by atoms with Gasteiger partial charge in [0.05, 0.1) is 11.4 Å². The molecule has 0 spiro atoms. The molecule has 10 heteroatoms. The Morgan fingerprint density at radius 3 is 2.32 bits per heavy atom. The first-order valence-corrected chi connectivity index (χ1v) is 15.3. The Kier molecular flexibility index (Phi) is 9.54. The van der Waals surface area contributed by atoms with Gasteiger partial charge >= 0.3 is 0 Å². The summed E-state index contributed by atoms with van der Waals surface area (Å²) in [6, 6.07) is 20.9. The van der Waals surface area contributed by atoms with Gasteiger partial charge in [0, 0.05) is 25.1 Å². The Morgan fingerprint density at radius 1 is 0.927 bits per heavy atom. The molecule has 0 aliphatic carbocycles. The topological polar surface area (TPSA) is 105 Å². The summed E-state index contributed by atoms with van der Waals surface area (Å²) >= 11 is 0. The molecule has 1 heterocycles. The SMILES string of the molecule is CCS(=O)(=O)N(CC(=O)N(Cc1cccc(C)c1)[C@@H](Cc1ccccc1)C(=O)NC(C)C)c1ccc2c(c1)OCO2. The minimum atomic E-state index is -3.87. The van der Waals surface area contributed by atoms with Crippen LogP contribution in [0.3, 0.4) is 0 Å². The average Bonchev–Trinajstić information content (AvgIpc) is 3.41. The number of amides is 2. The molecule has 0 fully saturated rings. The summed E-state index contributed by atoms with van der Waals surface area (Å²) in [5.41, 5.74) is 3.01. The van der Waals surface area contributed by atoms with E-state index in [1.165, 1.54) is 11.8 Å². The molecular formula is C31H37N3O6S. The van der Waals surface area contributed by atoms with Gasteiger partial charge < -0.3 is 19.7 Å². The van der Waals surface area contributed by atoms with Crippen LogP contribution in [0.4, 0.5) is 5.69 Å². The number of hydrogen-bond donors (Lipinski definition) is 1. The van der Waals surface area contributed by atoms with Crippen molar-refractivity contribution in [3.8, 4) is 11.5 Å². The van der Waals surface area contributed by atoms with Gasteiger partial charge in [0.15, 0.2) is 11.5 Å². The molecule has 1 N–H and O–H groups in total. The molecule has 2 amide bonds. The van der Waals surface area contributed by atoms with Crippen LogP contribution < -0.4 is 19.1 Å². The number of benzene rings is 3. The molecule has 3 aromatic carbocycles. The molecule has 0 radical (unpaired) electrons. The first-order chi connectivity index (χ1) is 19.6. The summed E-state index contributed by atoms with van der Waals surface area (Å²) in [7, 11) is -3.87. The number of nitrogens with zero attached hydrogens (tertiary/aromatic N) is 2. The largest absolute Gasteiger partial charge is 0.454 e. The number of rotatable bonds is 12. The maximum absolute atomic E-state index is 14.2. The molecule has 3 aromatic rings. The summed E-state index contributed by atoms with van der Waals surface area (Å²) in [4.78, 5) is 29.3. The molecule has 0 saturated heterocycles. The molecule has 41 heavy (non-hydrogen) atoms. The molecule has 1 aliphatic rings. The zero-order chi connectivity index (χ0) is 29.6. The first-order valence-electron chi connectivity index (χ1n) is 13.7. The number of sulfonamides is 1. The fraction of sp³-hybridized carbons (Fsp3) is 0.355. The van der Waals surface area contributed by atoms with E-state index < -0.39 is 28.5 Å². The van der Waals surface area contributed by atoms with Crippen LogP contribution in [0.25, 0.3) is 0 Å². The van der Waals surface area contributed by atoms with E-state index in [0.717, 1.165) is 21.0 Å². The highest BCUT2D eigenvalue weighted by atomic mass is 32.2. The van der Waals surface area contributed by atoms with Gasteiger partial charge in [-0.2, -0.15) is 0 Å². The third-order valence-corrected chi connectivity index (χ3v) is 8.50. The second kappa shape index (κ2) is 13.1. The maximum Gasteiger partial charge on any atom is 0.244 e. The van der Waals surface area contributed by atoms with Crippen LogP contribution in [-0.4, -0.2) is 56.3 Å². The zero-order valence-corrected chi connectivity index (χ0v) is 24.7. The fourth-order valence-electron chi connectivity index (χ4n) is 4.70. The van der Waals surface area contributed by atoms with E-state index in [4.69, 9.17) is 9.47 Å². The predicted octanol–water partition coefficient (Wildman–Crippen LogP) is 4.04. The molecule has 1 atom stereocenters. The highest BCUT2D eigenvalue weighted by molar-refractivity contribution is 7.92. The van der Waals surface area contributed by atoms with E-state index in [1.54, 1.807) is 18.2 Å². The molecule has 0 bridgehead atoms. The minimum absolute atomic E-state index is 0.0364. The Hall–Kier alpha value is -4.05. The number of nitrogens with one attached hydrogen (secondary N) is 1. The van der Waals surface area contributed by atoms with Crippen molar-refractivity contribution >= 4 is 27.5 Å². The summed E-state index contributed by atoms with van der Waals surface area (Å²) < 4.78 is 38.5. The van der Waals surface area contributed by atoms with Gasteiger partial charge in [-0.3, -0.25) is 13.9 Å². The second-order valence-corrected chi connectivity index (χ2v) is 12.5. The zero-order valence-electron chi connectivity index (χ0n) is 23.9. The van der Waals surface area contributed by atoms with Gasteiger partial charge in [-0.15, -0.1) is 0 Å². The lowest BCUT2D eigenvalue weighted by Crippen LogP contribution is -2.54. The summed E-state index contributed by atoms with van der Waals surface area (Å²) in [5, 5.41) is 2.96. The van der Waals surface area contributed by atoms with E-state index in [0.29, 0.717) is 11.5 Å². The smallest absolute Gasteiger partial charge is 0.244 e. The van der Waals surface area contributed by atoms with Crippen molar-refractivity contribution in [2.45, 2.75) is 52.7 Å². The van der Waals surface area contributed by atoms with E-state index in [2.05, 4.69) is 5.32 Å². The number of carbonyl (C=O) groups is 2. The molecular weight excluding hydrogens is 542 g/mol. The predicted molar refractivity (Wildman–Crippen MR) is 158 cm³/mol.